The van der Waals surface area contributed by atoms with Crippen molar-refractivity contribution < 1.29 is 19.4 Å². The van der Waals surface area contributed by atoms with Crippen LogP contribution < -0.4 is 0 Å². The lowest BCUT2D eigenvalue weighted by Crippen LogP contribution is -2.25. The number of hydrogen-bond donors (Lipinski definition) is 1. The standard InChI is InChI=1S/C15H17NO4/c1-3-16-10-13(15(19)20-2)14(18)9-6-11-4-7-12(17)8-5-11/h4-10,13,17H,3H2,1-2H3. The van der Waals surface area contributed by atoms with E-state index in [1.165, 1.54) is 31.5 Å². The van der Waals surface area contributed by atoms with Crippen LogP contribution in [0.2, 0.25) is 0 Å². The third-order valence-corrected chi connectivity index (χ3v) is 2.53. The number of carbonyl (C=O) groups excluding carboxylic acids is 2. The molecule has 5 nitrogen and oxygen atoms in total. The number of benzene rings is 1. The lowest BCUT2D eigenvalue weighted by Gasteiger charge is -2.05. The molecule has 0 aliphatic rings. The maximum absolute atomic E-state index is 12.0. The Bertz CT molecular complexity index is 517. The minimum Gasteiger partial charge on any atom is -0.508 e. The first-order chi connectivity index (χ1) is 9.58. The van der Waals surface area contributed by atoms with Gasteiger partial charge in [0.15, 0.2) is 11.7 Å². The Hall–Kier alpha value is -2.43. The number of methoxy groups -OCH3 is 1. The molecule has 0 amide bonds. The minimum atomic E-state index is -1.02. The highest BCUT2D eigenvalue weighted by Crippen LogP contribution is 2.11. The van der Waals surface area contributed by atoms with Crippen molar-refractivity contribution in [2.75, 3.05) is 13.7 Å². The van der Waals surface area contributed by atoms with Gasteiger partial charge in [-0.15, -0.1) is 0 Å². The summed E-state index contributed by atoms with van der Waals surface area (Å²) in [5.41, 5.74) is 0.743. The van der Waals surface area contributed by atoms with Crippen LogP contribution in [0.3, 0.4) is 0 Å². The summed E-state index contributed by atoms with van der Waals surface area (Å²) < 4.78 is 4.58. The molecule has 106 valence electrons. The molecule has 0 heterocycles. The molecule has 1 rings (SSSR count). The zero-order valence-corrected chi connectivity index (χ0v) is 11.4. The van der Waals surface area contributed by atoms with Crippen molar-refractivity contribution in [2.24, 2.45) is 10.9 Å². The summed E-state index contributed by atoms with van der Waals surface area (Å²) in [7, 11) is 1.23. The van der Waals surface area contributed by atoms with Crippen LogP contribution in [-0.2, 0) is 14.3 Å². The molecular weight excluding hydrogens is 258 g/mol. The molecule has 0 aliphatic heterocycles. The van der Waals surface area contributed by atoms with Crippen LogP contribution in [-0.4, -0.2) is 36.7 Å². The maximum Gasteiger partial charge on any atom is 0.322 e. The quantitative estimate of drug-likeness (QED) is 0.372. The fourth-order valence-electron chi connectivity index (χ4n) is 1.46. The number of aliphatic imine (C=N–C) groups is 1. The smallest absolute Gasteiger partial charge is 0.322 e. The van der Waals surface area contributed by atoms with Crippen molar-refractivity contribution in [2.45, 2.75) is 6.92 Å². The van der Waals surface area contributed by atoms with Gasteiger partial charge >= 0.3 is 5.97 Å². The number of nitrogens with zero attached hydrogens (tertiary/aromatic N) is 1. The molecule has 0 radical (unpaired) electrons. The number of phenolic OH excluding ortho intramolecular Hbond substituents is 1. The number of phenols is 1. The molecule has 0 saturated heterocycles. The topological polar surface area (TPSA) is 76.0 Å². The average Bonchev–Trinajstić information content (AvgIpc) is 2.46. The number of esters is 1. The SMILES string of the molecule is CCN=CC(C(=O)C=Cc1ccc(O)cc1)C(=O)OC. The van der Waals surface area contributed by atoms with Gasteiger partial charge in [0, 0.05) is 12.8 Å². The molecule has 1 unspecified atom stereocenters. The summed E-state index contributed by atoms with van der Waals surface area (Å²) in [6.45, 7) is 2.30. The third-order valence-electron chi connectivity index (χ3n) is 2.53. The highest BCUT2D eigenvalue weighted by atomic mass is 16.5. The Kier molecular flexibility index (Phi) is 6.16. The van der Waals surface area contributed by atoms with E-state index < -0.39 is 17.7 Å². The van der Waals surface area contributed by atoms with Gasteiger partial charge in [0.25, 0.3) is 0 Å². The van der Waals surface area contributed by atoms with Crippen LogP contribution in [0.15, 0.2) is 35.3 Å². The molecule has 0 saturated carbocycles. The second-order valence-electron chi connectivity index (χ2n) is 3.98. The molecule has 1 atom stereocenters. The number of aromatic hydroxyl groups is 1. The number of rotatable bonds is 6. The van der Waals surface area contributed by atoms with Gasteiger partial charge in [0.2, 0.25) is 0 Å². The zero-order chi connectivity index (χ0) is 15.0. The molecule has 0 aliphatic carbocycles. The summed E-state index contributed by atoms with van der Waals surface area (Å²) in [5, 5.41) is 9.15. The fourth-order valence-corrected chi connectivity index (χ4v) is 1.46. The maximum atomic E-state index is 12.0. The first-order valence-corrected chi connectivity index (χ1v) is 6.17. The van der Waals surface area contributed by atoms with E-state index >= 15 is 0 Å². The van der Waals surface area contributed by atoms with Crippen molar-refractivity contribution in [3.63, 3.8) is 0 Å². The monoisotopic (exact) mass is 275 g/mol. The largest absolute Gasteiger partial charge is 0.508 e. The second-order valence-corrected chi connectivity index (χ2v) is 3.98. The molecule has 1 aromatic carbocycles. The Morgan fingerprint density at radius 1 is 1.35 bits per heavy atom. The molecule has 0 aromatic heterocycles. The molecule has 1 N–H and O–H groups in total. The van der Waals surface area contributed by atoms with Gasteiger partial charge in [0.05, 0.1) is 7.11 Å². The van der Waals surface area contributed by atoms with E-state index in [-0.39, 0.29) is 5.75 Å². The van der Waals surface area contributed by atoms with Crippen molar-refractivity contribution in [3.05, 3.63) is 35.9 Å². The van der Waals surface area contributed by atoms with E-state index in [0.29, 0.717) is 6.54 Å². The van der Waals surface area contributed by atoms with E-state index in [9.17, 15) is 9.59 Å². The van der Waals surface area contributed by atoms with Gasteiger partial charge in [-0.25, -0.2) is 0 Å². The van der Waals surface area contributed by atoms with Crippen LogP contribution >= 0.6 is 0 Å². The first kappa shape index (κ1) is 15.6. The highest BCUT2D eigenvalue weighted by Gasteiger charge is 2.23. The summed E-state index contributed by atoms with van der Waals surface area (Å²) >= 11 is 0. The van der Waals surface area contributed by atoms with Crippen LogP contribution in [0.1, 0.15) is 12.5 Å². The summed E-state index contributed by atoms with van der Waals surface area (Å²) in [5.74, 6) is -1.91. The zero-order valence-electron chi connectivity index (χ0n) is 11.4. The summed E-state index contributed by atoms with van der Waals surface area (Å²) in [6.07, 6.45) is 4.17. The van der Waals surface area contributed by atoms with E-state index in [4.69, 9.17) is 5.11 Å². The molecule has 0 fully saturated rings. The normalized spacial score (nSPS) is 12.7. The number of allylic oxidation sites excluding steroid dienone is 1. The van der Waals surface area contributed by atoms with E-state index in [2.05, 4.69) is 9.73 Å². The predicted molar refractivity (Wildman–Crippen MR) is 76.7 cm³/mol. The van der Waals surface area contributed by atoms with Gasteiger partial charge in [-0.05, 0) is 30.7 Å². The van der Waals surface area contributed by atoms with Crippen LogP contribution in [0.25, 0.3) is 6.08 Å². The Morgan fingerprint density at radius 3 is 2.55 bits per heavy atom. The number of carbonyl (C=O) groups is 2. The summed E-state index contributed by atoms with van der Waals surface area (Å²) in [6, 6.07) is 6.35. The van der Waals surface area contributed by atoms with Gasteiger partial charge in [-0.3, -0.25) is 14.6 Å². The van der Waals surface area contributed by atoms with Crippen LogP contribution in [0, 0.1) is 5.92 Å². The number of ketones is 1. The van der Waals surface area contributed by atoms with Gasteiger partial charge < -0.3 is 9.84 Å². The lowest BCUT2D eigenvalue weighted by molar-refractivity contribution is -0.145. The Balaban J connectivity index is 2.82. The highest BCUT2D eigenvalue weighted by molar-refractivity contribution is 6.17. The van der Waals surface area contributed by atoms with Crippen molar-refractivity contribution in [1.29, 1.82) is 0 Å². The Labute approximate surface area is 117 Å². The second kappa shape index (κ2) is 7.89. The van der Waals surface area contributed by atoms with Gasteiger partial charge in [-0.2, -0.15) is 0 Å². The third kappa shape index (κ3) is 4.68. The number of hydrogen-bond acceptors (Lipinski definition) is 5. The van der Waals surface area contributed by atoms with E-state index in [1.54, 1.807) is 18.2 Å². The molecule has 20 heavy (non-hydrogen) atoms. The van der Waals surface area contributed by atoms with Crippen LogP contribution in [0.4, 0.5) is 0 Å². The first-order valence-electron chi connectivity index (χ1n) is 6.17. The molecular formula is C15H17NO4. The predicted octanol–water partition coefficient (Wildman–Crippen LogP) is 1.85. The summed E-state index contributed by atoms with van der Waals surface area (Å²) in [4.78, 5) is 27.4. The van der Waals surface area contributed by atoms with Crippen molar-refractivity contribution >= 4 is 24.0 Å². The van der Waals surface area contributed by atoms with Crippen molar-refractivity contribution in [3.8, 4) is 5.75 Å². The van der Waals surface area contributed by atoms with Gasteiger partial charge in [-0.1, -0.05) is 18.2 Å². The Morgan fingerprint density at radius 2 is 2.00 bits per heavy atom. The molecule has 0 spiro atoms. The van der Waals surface area contributed by atoms with E-state index in [1.807, 2.05) is 6.92 Å². The number of ether oxygens (including phenoxy) is 1. The molecule has 0 bridgehead atoms. The van der Waals surface area contributed by atoms with Crippen LogP contribution in [0.5, 0.6) is 5.75 Å². The fraction of sp³-hybridized carbons (Fsp3) is 0.267. The minimum absolute atomic E-state index is 0.149. The lowest BCUT2D eigenvalue weighted by atomic mass is 10.0. The molecule has 1 aromatic rings. The van der Waals surface area contributed by atoms with Crippen molar-refractivity contribution in [1.82, 2.24) is 0 Å². The van der Waals surface area contributed by atoms with Gasteiger partial charge in [0.1, 0.15) is 5.75 Å². The average molecular weight is 275 g/mol. The van der Waals surface area contributed by atoms with E-state index in [0.717, 1.165) is 5.56 Å². The molecule has 5 heteroatoms.